The van der Waals surface area contributed by atoms with Crippen molar-refractivity contribution in [3.05, 3.63) is 94.9 Å². The van der Waals surface area contributed by atoms with Gasteiger partial charge in [0, 0.05) is 34.8 Å². The number of hydrogen-bond donors (Lipinski definition) is 1. The van der Waals surface area contributed by atoms with Crippen LogP contribution in [-0.4, -0.2) is 28.3 Å². The van der Waals surface area contributed by atoms with Crippen molar-refractivity contribution < 1.29 is 26.1 Å². The standard InChI is InChI=1S/C23H15F3N4O4S/c24-23(25,26)16-2-4-21(19(10-16)15-11-27-28-12-15)30-20-5-3-18(9-14(20)1-6-22(30)31)35(32,33)13-17-7-8-34-29-17/h1-12H,13H2,(H,27,28). The third kappa shape index (κ3) is 4.23. The molecule has 2 aromatic carbocycles. The van der Waals surface area contributed by atoms with Crippen molar-refractivity contribution in [2.45, 2.75) is 16.8 Å². The van der Waals surface area contributed by atoms with Gasteiger partial charge in [-0.05, 0) is 42.5 Å². The van der Waals surface area contributed by atoms with Gasteiger partial charge in [0.15, 0.2) is 9.84 Å². The van der Waals surface area contributed by atoms with E-state index in [4.69, 9.17) is 0 Å². The number of nitrogens with one attached hydrogen (secondary N) is 1. The molecule has 0 amide bonds. The molecule has 12 heteroatoms. The lowest BCUT2D eigenvalue weighted by Gasteiger charge is -2.17. The third-order valence-corrected chi connectivity index (χ3v) is 7.08. The van der Waals surface area contributed by atoms with E-state index in [1.54, 1.807) is 0 Å². The second kappa shape index (κ2) is 8.24. The highest BCUT2D eigenvalue weighted by molar-refractivity contribution is 7.90. The highest BCUT2D eigenvalue weighted by atomic mass is 32.2. The minimum Gasteiger partial charge on any atom is -0.364 e. The quantitative estimate of drug-likeness (QED) is 0.384. The smallest absolute Gasteiger partial charge is 0.364 e. The van der Waals surface area contributed by atoms with Crippen LogP contribution in [0.2, 0.25) is 0 Å². The number of pyridine rings is 1. The fourth-order valence-corrected chi connectivity index (χ4v) is 5.08. The Kier molecular flexibility index (Phi) is 5.32. The Hall–Kier alpha value is -4.19. The highest BCUT2D eigenvalue weighted by Crippen LogP contribution is 2.36. The first-order valence-electron chi connectivity index (χ1n) is 10.1. The Morgan fingerprint density at radius 3 is 2.54 bits per heavy atom. The van der Waals surface area contributed by atoms with Crippen LogP contribution in [0.25, 0.3) is 27.7 Å². The number of H-pyrrole nitrogens is 1. The van der Waals surface area contributed by atoms with E-state index in [1.165, 1.54) is 65.7 Å². The Morgan fingerprint density at radius 1 is 1.03 bits per heavy atom. The summed E-state index contributed by atoms with van der Waals surface area (Å²) in [4.78, 5) is 12.9. The molecular formula is C23H15F3N4O4S. The molecule has 0 bridgehead atoms. The third-order valence-electron chi connectivity index (χ3n) is 5.43. The predicted octanol–water partition coefficient (Wildman–Crippen LogP) is 4.36. The van der Waals surface area contributed by atoms with E-state index in [9.17, 15) is 26.4 Å². The van der Waals surface area contributed by atoms with Crippen molar-refractivity contribution in [1.29, 1.82) is 0 Å². The van der Waals surface area contributed by atoms with Crippen LogP contribution < -0.4 is 5.56 Å². The minimum absolute atomic E-state index is 0.000626. The average Bonchev–Trinajstić information content (AvgIpc) is 3.52. The molecule has 0 saturated carbocycles. The van der Waals surface area contributed by atoms with Crippen molar-refractivity contribution in [2.75, 3.05) is 0 Å². The Balaban J connectivity index is 1.69. The van der Waals surface area contributed by atoms with E-state index in [0.717, 1.165) is 12.1 Å². The Labute approximate surface area is 195 Å². The normalized spacial score (nSPS) is 12.3. The van der Waals surface area contributed by atoms with Gasteiger partial charge in [0.2, 0.25) is 0 Å². The number of sulfone groups is 1. The lowest BCUT2D eigenvalue weighted by atomic mass is 10.0. The zero-order chi connectivity index (χ0) is 24.8. The predicted molar refractivity (Wildman–Crippen MR) is 120 cm³/mol. The molecule has 0 unspecified atom stereocenters. The Morgan fingerprint density at radius 2 is 1.86 bits per heavy atom. The molecule has 0 spiro atoms. The molecule has 0 radical (unpaired) electrons. The van der Waals surface area contributed by atoms with Crippen LogP contribution in [-0.2, 0) is 21.8 Å². The van der Waals surface area contributed by atoms with E-state index in [0.29, 0.717) is 16.5 Å². The van der Waals surface area contributed by atoms with Crippen LogP contribution in [0, 0.1) is 0 Å². The van der Waals surface area contributed by atoms with Crippen molar-refractivity contribution in [3.8, 4) is 16.8 Å². The molecule has 3 aromatic heterocycles. The minimum atomic E-state index is -4.59. The molecule has 8 nitrogen and oxygen atoms in total. The lowest BCUT2D eigenvalue weighted by molar-refractivity contribution is -0.137. The summed E-state index contributed by atoms with van der Waals surface area (Å²) >= 11 is 0. The Bertz CT molecular complexity index is 1690. The molecule has 0 fully saturated rings. The van der Waals surface area contributed by atoms with Crippen LogP contribution in [0.1, 0.15) is 11.3 Å². The maximum atomic E-state index is 13.4. The second-order valence-corrected chi connectivity index (χ2v) is 9.68. The molecular weight excluding hydrogens is 485 g/mol. The van der Waals surface area contributed by atoms with Crippen LogP contribution >= 0.6 is 0 Å². The van der Waals surface area contributed by atoms with Crippen molar-refractivity contribution in [3.63, 3.8) is 0 Å². The fraction of sp³-hybridized carbons (Fsp3) is 0.0870. The number of nitrogens with zero attached hydrogens (tertiary/aromatic N) is 3. The number of alkyl halides is 3. The van der Waals surface area contributed by atoms with Gasteiger partial charge in [0.1, 0.15) is 12.0 Å². The molecule has 0 saturated heterocycles. The van der Waals surface area contributed by atoms with Crippen LogP contribution in [0.5, 0.6) is 0 Å². The maximum Gasteiger partial charge on any atom is 0.416 e. The number of halogens is 3. The largest absolute Gasteiger partial charge is 0.416 e. The first kappa shape index (κ1) is 22.6. The van der Waals surface area contributed by atoms with Crippen molar-refractivity contribution >= 4 is 20.7 Å². The molecule has 0 aliphatic rings. The molecule has 178 valence electrons. The van der Waals surface area contributed by atoms with Crippen LogP contribution in [0.15, 0.2) is 87.5 Å². The maximum absolute atomic E-state index is 13.4. The number of benzene rings is 2. The molecule has 5 rings (SSSR count). The number of aromatic nitrogens is 4. The summed E-state index contributed by atoms with van der Waals surface area (Å²) in [5.41, 5.74) is -0.153. The number of hydrogen-bond acceptors (Lipinski definition) is 6. The first-order valence-corrected chi connectivity index (χ1v) is 11.8. The summed E-state index contributed by atoms with van der Waals surface area (Å²) in [6.45, 7) is 0. The monoisotopic (exact) mass is 500 g/mol. The SMILES string of the molecule is O=c1ccc2cc(S(=O)(=O)Cc3ccon3)ccc2n1-c1ccc(C(F)(F)F)cc1-c1cn[nH]c1. The van der Waals surface area contributed by atoms with E-state index in [-0.39, 0.29) is 27.6 Å². The topological polar surface area (TPSA) is 111 Å². The molecule has 0 atom stereocenters. The molecule has 35 heavy (non-hydrogen) atoms. The van der Waals surface area contributed by atoms with Crippen molar-refractivity contribution in [1.82, 2.24) is 19.9 Å². The summed E-state index contributed by atoms with van der Waals surface area (Å²) < 4.78 is 71.8. The van der Waals surface area contributed by atoms with Gasteiger partial charge in [-0.15, -0.1) is 0 Å². The van der Waals surface area contributed by atoms with Gasteiger partial charge in [0.25, 0.3) is 5.56 Å². The molecule has 0 aliphatic carbocycles. The molecule has 5 aromatic rings. The highest BCUT2D eigenvalue weighted by Gasteiger charge is 2.31. The van der Waals surface area contributed by atoms with Gasteiger partial charge in [-0.2, -0.15) is 18.3 Å². The second-order valence-electron chi connectivity index (χ2n) is 7.69. The number of aromatic amines is 1. The summed E-state index contributed by atoms with van der Waals surface area (Å²) in [5, 5.41) is 10.4. The zero-order valence-corrected chi connectivity index (χ0v) is 18.5. The lowest BCUT2D eigenvalue weighted by Crippen LogP contribution is -2.19. The van der Waals surface area contributed by atoms with E-state index >= 15 is 0 Å². The van der Waals surface area contributed by atoms with Crippen LogP contribution in [0.4, 0.5) is 13.2 Å². The van der Waals surface area contributed by atoms with Gasteiger partial charge >= 0.3 is 6.18 Å². The summed E-state index contributed by atoms with van der Waals surface area (Å²) in [5.74, 6) is -0.377. The van der Waals surface area contributed by atoms with Gasteiger partial charge in [0.05, 0.1) is 33.6 Å². The molecule has 0 aliphatic heterocycles. The molecule has 1 N–H and O–H groups in total. The van der Waals surface area contributed by atoms with Gasteiger partial charge in [-0.3, -0.25) is 14.5 Å². The van der Waals surface area contributed by atoms with E-state index < -0.39 is 27.1 Å². The molecule has 3 heterocycles. The van der Waals surface area contributed by atoms with Crippen molar-refractivity contribution in [2.24, 2.45) is 0 Å². The zero-order valence-electron chi connectivity index (χ0n) is 17.7. The number of rotatable bonds is 5. The summed E-state index contributed by atoms with van der Waals surface area (Å²) in [6.07, 6.45) is -0.549. The van der Waals surface area contributed by atoms with Gasteiger partial charge in [-0.1, -0.05) is 5.16 Å². The summed E-state index contributed by atoms with van der Waals surface area (Å²) in [7, 11) is -3.78. The summed E-state index contributed by atoms with van der Waals surface area (Å²) in [6, 6.07) is 11.4. The number of fused-ring (bicyclic) bond motifs is 1. The van der Waals surface area contributed by atoms with E-state index in [1.807, 2.05) is 0 Å². The van der Waals surface area contributed by atoms with Gasteiger partial charge in [-0.25, -0.2) is 8.42 Å². The van der Waals surface area contributed by atoms with Crippen LogP contribution in [0.3, 0.4) is 0 Å². The first-order chi connectivity index (χ1) is 16.6. The fourth-order valence-electron chi connectivity index (χ4n) is 3.79. The average molecular weight is 500 g/mol. The van der Waals surface area contributed by atoms with E-state index in [2.05, 4.69) is 19.9 Å². The van der Waals surface area contributed by atoms with Gasteiger partial charge < -0.3 is 4.52 Å².